The first-order valence-electron chi connectivity index (χ1n) is 9.66. The average Bonchev–Trinajstić information content (AvgIpc) is 2.86. The van der Waals surface area contributed by atoms with E-state index in [0.29, 0.717) is 18.9 Å². The number of nitrogens with zero attached hydrogens (tertiary/aromatic N) is 1. The number of amides is 3. The van der Waals surface area contributed by atoms with E-state index < -0.39 is 0 Å². The van der Waals surface area contributed by atoms with Crippen LogP contribution in [-0.2, 0) is 4.79 Å². The Labute approximate surface area is 156 Å². The van der Waals surface area contributed by atoms with E-state index in [4.69, 9.17) is 0 Å². The molecule has 3 rings (SSSR count). The van der Waals surface area contributed by atoms with Crippen molar-refractivity contribution in [2.45, 2.75) is 65.5 Å². The molecule has 5 heteroatoms. The highest BCUT2D eigenvalue weighted by molar-refractivity contribution is 5.96. The molecular weight excluding hydrogens is 326 g/mol. The zero-order valence-electron chi connectivity index (χ0n) is 16.3. The van der Waals surface area contributed by atoms with Crippen LogP contribution in [-0.4, -0.2) is 30.6 Å². The molecule has 142 valence electrons. The highest BCUT2D eigenvalue weighted by Gasteiger charge is 2.34. The van der Waals surface area contributed by atoms with Crippen molar-refractivity contribution < 1.29 is 9.59 Å². The molecule has 26 heavy (non-hydrogen) atoms. The van der Waals surface area contributed by atoms with Crippen molar-refractivity contribution in [2.75, 3.05) is 11.4 Å². The second-order valence-corrected chi connectivity index (χ2v) is 8.97. The molecule has 1 aromatic carbocycles. The quantitative estimate of drug-likeness (QED) is 0.868. The highest BCUT2D eigenvalue weighted by atomic mass is 16.2. The molecule has 2 N–H and O–H groups in total. The van der Waals surface area contributed by atoms with E-state index in [-0.39, 0.29) is 29.4 Å². The Balaban J connectivity index is 1.54. The summed E-state index contributed by atoms with van der Waals surface area (Å²) in [5, 5.41) is 6.13. The molecule has 3 unspecified atom stereocenters. The third-order valence-corrected chi connectivity index (χ3v) is 5.53. The molecule has 3 amide bonds. The maximum Gasteiger partial charge on any atom is 0.315 e. The number of aryl methyl sites for hydroxylation is 1. The molecule has 1 aromatic rings. The Bertz CT molecular complexity index is 668. The fraction of sp³-hybridized carbons (Fsp3) is 0.619. The van der Waals surface area contributed by atoms with Crippen LogP contribution in [0.3, 0.4) is 0 Å². The third kappa shape index (κ3) is 4.57. The van der Waals surface area contributed by atoms with Crippen molar-refractivity contribution in [3.8, 4) is 0 Å². The molecule has 0 radical (unpaired) electrons. The molecule has 3 atom stereocenters. The van der Waals surface area contributed by atoms with E-state index in [0.717, 1.165) is 18.5 Å². The largest absolute Gasteiger partial charge is 0.335 e. The second-order valence-electron chi connectivity index (χ2n) is 8.97. The number of anilines is 1. The van der Waals surface area contributed by atoms with E-state index in [2.05, 4.69) is 31.4 Å². The predicted molar refractivity (Wildman–Crippen MR) is 104 cm³/mol. The summed E-state index contributed by atoms with van der Waals surface area (Å²) in [7, 11) is 0. The van der Waals surface area contributed by atoms with Crippen LogP contribution >= 0.6 is 0 Å². The molecule has 1 aliphatic carbocycles. The van der Waals surface area contributed by atoms with Crippen LogP contribution < -0.4 is 15.5 Å². The van der Waals surface area contributed by atoms with Crippen LogP contribution in [0.2, 0.25) is 0 Å². The first-order chi connectivity index (χ1) is 12.2. The van der Waals surface area contributed by atoms with Gasteiger partial charge in [-0.15, -0.1) is 0 Å². The van der Waals surface area contributed by atoms with Crippen LogP contribution in [0.15, 0.2) is 24.3 Å². The van der Waals surface area contributed by atoms with E-state index in [1.165, 1.54) is 12.0 Å². The lowest BCUT2D eigenvalue weighted by Gasteiger charge is -2.39. The average molecular weight is 357 g/mol. The summed E-state index contributed by atoms with van der Waals surface area (Å²) in [5.41, 5.74) is 2.33. The number of hydrogen-bond acceptors (Lipinski definition) is 2. The van der Waals surface area contributed by atoms with Crippen LogP contribution in [0.25, 0.3) is 0 Å². The van der Waals surface area contributed by atoms with Gasteiger partial charge in [0.25, 0.3) is 0 Å². The van der Waals surface area contributed by atoms with Gasteiger partial charge in [-0.05, 0) is 49.7 Å². The molecule has 1 heterocycles. The molecule has 2 fully saturated rings. The summed E-state index contributed by atoms with van der Waals surface area (Å²) in [4.78, 5) is 26.5. The Morgan fingerprint density at radius 3 is 2.42 bits per heavy atom. The number of rotatable bonds is 3. The lowest BCUT2D eigenvalue weighted by atomic mass is 9.71. The lowest BCUT2D eigenvalue weighted by molar-refractivity contribution is -0.117. The molecule has 1 aliphatic heterocycles. The fourth-order valence-corrected chi connectivity index (χ4v) is 4.65. The summed E-state index contributed by atoms with van der Waals surface area (Å²) >= 11 is 0. The van der Waals surface area contributed by atoms with E-state index in [1.54, 1.807) is 4.90 Å². The van der Waals surface area contributed by atoms with E-state index >= 15 is 0 Å². The summed E-state index contributed by atoms with van der Waals surface area (Å²) < 4.78 is 0. The summed E-state index contributed by atoms with van der Waals surface area (Å²) in [6.45, 7) is 9.34. The van der Waals surface area contributed by atoms with Gasteiger partial charge in [0, 0.05) is 24.7 Å². The Hall–Kier alpha value is -2.04. The van der Waals surface area contributed by atoms with E-state index in [1.807, 2.05) is 31.2 Å². The Morgan fingerprint density at radius 2 is 1.77 bits per heavy atom. The maximum atomic E-state index is 12.4. The Kier molecular flexibility index (Phi) is 5.26. The van der Waals surface area contributed by atoms with Crippen molar-refractivity contribution in [1.29, 1.82) is 0 Å². The number of nitrogens with one attached hydrogen (secondary N) is 2. The van der Waals surface area contributed by atoms with Gasteiger partial charge in [0.15, 0.2) is 0 Å². The summed E-state index contributed by atoms with van der Waals surface area (Å²) in [5.74, 6) is 0.681. The van der Waals surface area contributed by atoms with Gasteiger partial charge in [-0.1, -0.05) is 38.5 Å². The normalized spacial score (nSPS) is 28.1. The van der Waals surface area contributed by atoms with Gasteiger partial charge in [0.2, 0.25) is 5.91 Å². The molecule has 0 aromatic heterocycles. The third-order valence-electron chi connectivity index (χ3n) is 5.53. The van der Waals surface area contributed by atoms with Crippen LogP contribution in [0.5, 0.6) is 0 Å². The molecule has 0 spiro atoms. The van der Waals surface area contributed by atoms with Crippen molar-refractivity contribution in [2.24, 2.45) is 11.3 Å². The first kappa shape index (κ1) is 18.7. The van der Waals surface area contributed by atoms with Gasteiger partial charge in [-0.2, -0.15) is 0 Å². The first-order valence-corrected chi connectivity index (χ1v) is 9.66. The second kappa shape index (κ2) is 7.29. The van der Waals surface area contributed by atoms with Gasteiger partial charge in [-0.25, -0.2) is 4.79 Å². The number of hydrogen-bond donors (Lipinski definition) is 2. The monoisotopic (exact) mass is 357 g/mol. The maximum absolute atomic E-state index is 12.4. The topological polar surface area (TPSA) is 61.4 Å². The van der Waals surface area contributed by atoms with Crippen molar-refractivity contribution >= 4 is 17.6 Å². The number of carbonyl (C=O) groups excluding carboxylic acids is 2. The standard InChI is InChI=1S/C21H31N3O2/c1-14-5-7-18(8-6-14)24-13-17(10-19(24)25)23-20(26)22-16-9-15(2)11-21(3,4)12-16/h5-8,15-17H,9-13H2,1-4H3,(H2,22,23,26). The summed E-state index contributed by atoms with van der Waals surface area (Å²) in [6, 6.07) is 7.84. The molecular formula is C21H31N3O2. The number of carbonyl (C=O) groups is 2. The minimum Gasteiger partial charge on any atom is -0.335 e. The molecule has 0 bridgehead atoms. The van der Waals surface area contributed by atoms with Gasteiger partial charge in [0.05, 0.1) is 6.04 Å². The van der Waals surface area contributed by atoms with Crippen molar-refractivity contribution in [3.05, 3.63) is 29.8 Å². The van der Waals surface area contributed by atoms with Crippen LogP contribution in [0.1, 0.15) is 52.0 Å². The Morgan fingerprint density at radius 1 is 1.12 bits per heavy atom. The van der Waals surface area contributed by atoms with Gasteiger partial charge < -0.3 is 15.5 Å². The molecule has 2 aliphatic rings. The number of urea groups is 1. The highest BCUT2D eigenvalue weighted by Crippen LogP contribution is 2.38. The van der Waals surface area contributed by atoms with E-state index in [9.17, 15) is 9.59 Å². The van der Waals surface area contributed by atoms with Crippen molar-refractivity contribution in [3.63, 3.8) is 0 Å². The van der Waals surface area contributed by atoms with Gasteiger partial charge >= 0.3 is 6.03 Å². The van der Waals surface area contributed by atoms with Crippen LogP contribution in [0, 0.1) is 18.3 Å². The molecule has 5 nitrogen and oxygen atoms in total. The predicted octanol–water partition coefficient (Wildman–Crippen LogP) is 3.61. The van der Waals surface area contributed by atoms with Gasteiger partial charge in [-0.3, -0.25) is 4.79 Å². The lowest BCUT2D eigenvalue weighted by Crippen LogP contribution is -2.50. The summed E-state index contributed by atoms with van der Waals surface area (Å²) in [6.07, 6.45) is 3.59. The zero-order valence-corrected chi connectivity index (χ0v) is 16.3. The SMILES string of the molecule is Cc1ccc(N2CC(NC(=O)NC3CC(C)CC(C)(C)C3)CC2=O)cc1. The fourth-order valence-electron chi connectivity index (χ4n) is 4.65. The van der Waals surface area contributed by atoms with Gasteiger partial charge in [0.1, 0.15) is 0 Å². The smallest absolute Gasteiger partial charge is 0.315 e. The minimum atomic E-state index is -0.150. The number of benzene rings is 1. The molecule has 1 saturated heterocycles. The molecule has 1 saturated carbocycles. The van der Waals surface area contributed by atoms with Crippen molar-refractivity contribution in [1.82, 2.24) is 10.6 Å². The zero-order chi connectivity index (χ0) is 18.9. The minimum absolute atomic E-state index is 0.0616. The van der Waals surface area contributed by atoms with Crippen LogP contribution in [0.4, 0.5) is 10.5 Å².